The number of morpholine rings is 1. The number of fused-ring (bicyclic) bond motifs is 2. The van der Waals surface area contributed by atoms with Gasteiger partial charge in [-0.2, -0.15) is 14.0 Å². The van der Waals surface area contributed by atoms with Crippen LogP contribution in [0, 0.1) is 11.3 Å². The molecular weight excluding hydrogens is 652 g/mol. The van der Waals surface area contributed by atoms with Gasteiger partial charge in [0, 0.05) is 36.1 Å². The minimum absolute atomic E-state index is 0.0974. The second kappa shape index (κ2) is 15.4. The van der Waals surface area contributed by atoms with Crippen LogP contribution >= 0.6 is 0 Å². The van der Waals surface area contributed by atoms with Gasteiger partial charge in [0.2, 0.25) is 5.95 Å². The highest BCUT2D eigenvalue weighted by molar-refractivity contribution is 5.67. The number of nitriles is 1. The molecule has 0 unspecified atom stereocenters. The maximum absolute atomic E-state index is 12.6. The van der Waals surface area contributed by atoms with Gasteiger partial charge in [-0.15, -0.1) is 10.2 Å². The molecule has 2 saturated heterocycles. The molecule has 2 aliphatic heterocycles. The third-order valence-electron chi connectivity index (χ3n) is 9.52. The Labute approximate surface area is 287 Å². The van der Waals surface area contributed by atoms with E-state index in [-0.39, 0.29) is 31.2 Å². The fraction of sp³-hybridized carbons (Fsp3) is 0.545. The molecule has 3 fully saturated rings. The van der Waals surface area contributed by atoms with Crippen molar-refractivity contribution in [2.75, 3.05) is 31.7 Å². The number of tetrazole rings is 1. The lowest BCUT2D eigenvalue weighted by Gasteiger charge is -2.43. The topological polar surface area (TPSA) is 163 Å². The molecule has 15 nitrogen and oxygen atoms in total. The fourth-order valence-corrected chi connectivity index (χ4v) is 7.24. The number of anilines is 2. The summed E-state index contributed by atoms with van der Waals surface area (Å²) in [4.78, 5) is 11.7. The number of rotatable bonds is 14. The summed E-state index contributed by atoms with van der Waals surface area (Å²) in [5.74, 6) is 0.978. The zero-order chi connectivity index (χ0) is 34.5. The van der Waals surface area contributed by atoms with Crippen LogP contribution in [0.15, 0.2) is 43.1 Å². The maximum atomic E-state index is 12.6. The van der Waals surface area contributed by atoms with Gasteiger partial charge < -0.3 is 24.3 Å². The number of nitrogens with zero attached hydrogens (tertiary/aromatic N) is 10. The minimum atomic E-state index is -2.88. The van der Waals surface area contributed by atoms with Gasteiger partial charge in [0.15, 0.2) is 0 Å². The Kier molecular flexibility index (Phi) is 10.4. The van der Waals surface area contributed by atoms with Crippen LogP contribution in [-0.2, 0) is 16.0 Å². The summed E-state index contributed by atoms with van der Waals surface area (Å²) in [5.41, 5.74) is 2.38. The zero-order valence-corrected chi connectivity index (χ0v) is 27.6. The SMILES string of the molecule is C[C@@H](Cn1cnnn1)Oc1cc(-c2cnc(Nc3cn([C@H]4CC[C@H](N5[C@@H]6CC[C@H]5COC6)CC4)nc3OCCOC(F)F)nc2)ccc1C#N. The van der Waals surface area contributed by atoms with Crippen molar-refractivity contribution in [3.8, 4) is 28.8 Å². The van der Waals surface area contributed by atoms with E-state index < -0.39 is 6.61 Å². The van der Waals surface area contributed by atoms with Crippen molar-refractivity contribution in [3.05, 3.63) is 48.7 Å². The Hall–Kier alpha value is -4.79. The van der Waals surface area contributed by atoms with Crippen LogP contribution in [0.25, 0.3) is 11.1 Å². The first kappa shape index (κ1) is 33.7. The van der Waals surface area contributed by atoms with E-state index in [0.29, 0.717) is 53.2 Å². The number of benzene rings is 1. The first-order chi connectivity index (χ1) is 24.4. The van der Waals surface area contributed by atoms with Crippen molar-refractivity contribution in [1.29, 1.82) is 5.26 Å². The van der Waals surface area contributed by atoms with Gasteiger partial charge in [-0.05, 0) is 73.6 Å². The first-order valence-electron chi connectivity index (χ1n) is 16.9. The van der Waals surface area contributed by atoms with E-state index in [2.05, 4.69) is 46.5 Å². The quantitative estimate of drug-likeness (QED) is 0.186. The number of ether oxygens (including phenoxy) is 4. The van der Waals surface area contributed by atoms with Crippen LogP contribution in [0.4, 0.5) is 20.4 Å². The van der Waals surface area contributed by atoms with Gasteiger partial charge in [0.25, 0.3) is 5.88 Å². The van der Waals surface area contributed by atoms with Gasteiger partial charge in [0.1, 0.15) is 36.5 Å². The molecule has 3 atom stereocenters. The smallest absolute Gasteiger partial charge is 0.345 e. The van der Waals surface area contributed by atoms with Crippen LogP contribution in [0.1, 0.15) is 57.1 Å². The Morgan fingerprint density at radius 2 is 1.74 bits per heavy atom. The van der Waals surface area contributed by atoms with Gasteiger partial charge >= 0.3 is 6.61 Å². The van der Waals surface area contributed by atoms with Crippen LogP contribution in [0.3, 0.4) is 0 Å². The number of hydrogen-bond acceptors (Lipinski definition) is 13. The molecule has 4 aromatic rings. The van der Waals surface area contributed by atoms with Gasteiger partial charge in [0.05, 0.1) is 44.2 Å². The van der Waals surface area contributed by atoms with Crippen molar-refractivity contribution in [3.63, 3.8) is 0 Å². The molecule has 3 aromatic heterocycles. The van der Waals surface area contributed by atoms with Gasteiger partial charge in [-0.1, -0.05) is 6.07 Å². The molecule has 264 valence electrons. The number of alkyl halides is 2. The van der Waals surface area contributed by atoms with Crippen LogP contribution in [0.5, 0.6) is 11.6 Å². The average Bonchev–Trinajstić information content (AvgIpc) is 3.84. The van der Waals surface area contributed by atoms with Crippen LogP contribution < -0.4 is 14.8 Å². The second-order valence-corrected chi connectivity index (χ2v) is 12.8. The lowest BCUT2D eigenvalue weighted by Crippen LogP contribution is -2.52. The molecule has 7 rings (SSSR count). The summed E-state index contributed by atoms with van der Waals surface area (Å²) in [5, 5.41) is 28.7. The molecule has 50 heavy (non-hydrogen) atoms. The molecule has 0 amide bonds. The zero-order valence-electron chi connectivity index (χ0n) is 27.6. The van der Waals surface area contributed by atoms with Crippen LogP contribution in [-0.4, -0.2) is 102 Å². The molecule has 17 heteroatoms. The summed E-state index contributed by atoms with van der Waals surface area (Å²) in [6.07, 6.45) is 12.9. The predicted octanol–water partition coefficient (Wildman–Crippen LogP) is 4.37. The molecule has 1 saturated carbocycles. The highest BCUT2D eigenvalue weighted by atomic mass is 19.3. The third-order valence-corrected chi connectivity index (χ3v) is 9.52. The van der Waals surface area contributed by atoms with E-state index in [1.54, 1.807) is 35.3 Å². The monoisotopic (exact) mass is 691 g/mol. The van der Waals surface area contributed by atoms with E-state index in [1.807, 2.05) is 17.8 Å². The number of nitrogens with one attached hydrogen (secondary N) is 1. The van der Waals surface area contributed by atoms with Crippen molar-refractivity contribution >= 4 is 11.6 Å². The fourth-order valence-electron chi connectivity index (χ4n) is 7.24. The third kappa shape index (κ3) is 7.82. The number of aromatic nitrogens is 8. The van der Waals surface area contributed by atoms with Crippen LogP contribution in [0.2, 0.25) is 0 Å². The summed E-state index contributed by atoms with van der Waals surface area (Å²) in [6.45, 7) is 0.672. The first-order valence-corrected chi connectivity index (χ1v) is 16.9. The summed E-state index contributed by atoms with van der Waals surface area (Å²) in [6, 6.07) is 9.22. The molecule has 1 aromatic carbocycles. The molecule has 5 heterocycles. The van der Waals surface area contributed by atoms with E-state index in [4.69, 9.17) is 19.3 Å². The predicted molar refractivity (Wildman–Crippen MR) is 174 cm³/mol. The average molecular weight is 692 g/mol. The van der Waals surface area contributed by atoms with E-state index in [0.717, 1.165) is 44.5 Å². The molecule has 0 radical (unpaired) electrons. The van der Waals surface area contributed by atoms with Gasteiger partial charge in [-0.3, -0.25) is 9.58 Å². The Morgan fingerprint density at radius 3 is 2.44 bits per heavy atom. The van der Waals surface area contributed by atoms with E-state index in [9.17, 15) is 14.0 Å². The largest absolute Gasteiger partial charge is 0.487 e. The van der Waals surface area contributed by atoms with Gasteiger partial charge in [-0.25, -0.2) is 14.6 Å². The Bertz CT molecular complexity index is 1730. The Balaban J connectivity index is 1.03. The molecular formula is C33H39F2N11O4. The molecule has 1 N–H and O–H groups in total. The molecule has 2 bridgehead atoms. The maximum Gasteiger partial charge on any atom is 0.345 e. The summed E-state index contributed by atoms with van der Waals surface area (Å²) >= 11 is 0. The van der Waals surface area contributed by atoms with E-state index >= 15 is 0 Å². The van der Waals surface area contributed by atoms with E-state index in [1.165, 1.54) is 19.2 Å². The van der Waals surface area contributed by atoms with Crippen molar-refractivity contribution < 1.29 is 27.7 Å². The van der Waals surface area contributed by atoms with Crippen molar-refractivity contribution in [1.82, 2.24) is 44.9 Å². The number of hydrogen-bond donors (Lipinski definition) is 1. The standard InChI is InChI=1S/C33H39F2N11O4/c1-21(16-44-20-39-42-43-44)50-30-12-22(2-3-23(30)13-36)24-14-37-33(38-15-24)40-29-17-45(41-31(29)48-10-11-49-32(34)35)25-4-6-26(7-5-25)46-27-8-9-28(46)19-47-18-27/h2-3,12,14-15,17,20-21,25-28,32H,4-11,16,18-19H2,1H3,(H,37,38,40)/t21-,25-,26-,27-,28+/m0/s1. The number of halogens is 2. The summed E-state index contributed by atoms with van der Waals surface area (Å²) < 4.78 is 50.6. The molecule has 3 aliphatic rings. The minimum Gasteiger partial charge on any atom is -0.487 e. The van der Waals surface area contributed by atoms with Crippen molar-refractivity contribution in [2.45, 2.75) is 88.9 Å². The molecule has 0 spiro atoms. The highest BCUT2D eigenvalue weighted by Crippen LogP contribution is 2.39. The second-order valence-electron chi connectivity index (χ2n) is 12.8. The normalized spacial score (nSPS) is 22.7. The summed E-state index contributed by atoms with van der Waals surface area (Å²) in [7, 11) is 0. The highest BCUT2D eigenvalue weighted by Gasteiger charge is 2.42. The van der Waals surface area contributed by atoms with Crippen molar-refractivity contribution in [2.24, 2.45) is 0 Å². The Morgan fingerprint density at radius 1 is 1.00 bits per heavy atom. The lowest BCUT2D eigenvalue weighted by molar-refractivity contribution is -0.133. The lowest BCUT2D eigenvalue weighted by atomic mass is 9.89. The molecule has 1 aliphatic carbocycles.